The number of nitrogens with zero attached hydrogens (tertiary/aromatic N) is 5. The zero-order chi connectivity index (χ0) is 22.8. The van der Waals surface area contributed by atoms with Crippen LogP contribution in [0.15, 0.2) is 47.3 Å². The molecule has 1 aromatic carbocycles. The lowest BCUT2D eigenvalue weighted by Gasteiger charge is -2.11. The van der Waals surface area contributed by atoms with Crippen molar-refractivity contribution in [2.24, 2.45) is 11.8 Å². The van der Waals surface area contributed by atoms with Crippen LogP contribution in [0.3, 0.4) is 0 Å². The monoisotopic (exact) mass is 508 g/mol. The van der Waals surface area contributed by atoms with Gasteiger partial charge < -0.3 is 10.1 Å². The highest BCUT2D eigenvalue weighted by molar-refractivity contribution is 9.10. The van der Waals surface area contributed by atoms with Gasteiger partial charge in [0.1, 0.15) is 10.4 Å². The smallest absolute Gasteiger partial charge is 0.223 e. The van der Waals surface area contributed by atoms with Crippen LogP contribution in [0.25, 0.3) is 27.6 Å². The number of hydrogen-bond acceptors (Lipinski definition) is 6. The van der Waals surface area contributed by atoms with Crippen molar-refractivity contribution >= 4 is 43.8 Å². The van der Waals surface area contributed by atoms with Crippen LogP contribution in [-0.4, -0.2) is 50.9 Å². The molecule has 9 heteroatoms. The van der Waals surface area contributed by atoms with Gasteiger partial charge in [-0.1, -0.05) is 6.07 Å². The second-order valence-electron chi connectivity index (χ2n) is 8.47. The predicted octanol–water partition coefficient (Wildman–Crippen LogP) is 3.85. The Balaban J connectivity index is 1.36. The Morgan fingerprint density at radius 1 is 1.27 bits per heavy atom. The standard InChI is InChI=1S/C24H25BrN6O2/c1-33-10-9-27-24(32)17-5-4-15(11-17)12-21-28-14-19-22(25)30-31(23(19)29-21)18-6-7-20-16(13-18)3-2-8-26-20/h2-3,6-8,13-15,17H,4-5,9-12H2,1H3,(H,27,32)/t15-,17-/m0/s1. The summed E-state index contributed by atoms with van der Waals surface area (Å²) in [5.74, 6) is 1.36. The van der Waals surface area contributed by atoms with Crippen LogP contribution in [0.1, 0.15) is 25.1 Å². The van der Waals surface area contributed by atoms with Crippen LogP contribution in [0, 0.1) is 11.8 Å². The molecule has 33 heavy (non-hydrogen) atoms. The Hall–Kier alpha value is -2.91. The van der Waals surface area contributed by atoms with Gasteiger partial charge in [0.25, 0.3) is 0 Å². The molecular formula is C24H25BrN6O2. The van der Waals surface area contributed by atoms with Gasteiger partial charge in [-0.15, -0.1) is 0 Å². The number of nitrogens with one attached hydrogen (secondary N) is 1. The fraction of sp³-hybridized carbons (Fsp3) is 0.375. The van der Waals surface area contributed by atoms with E-state index in [4.69, 9.17) is 9.72 Å². The zero-order valence-corrected chi connectivity index (χ0v) is 20.0. The first kappa shape index (κ1) is 21.9. The van der Waals surface area contributed by atoms with E-state index in [1.54, 1.807) is 13.3 Å². The molecule has 170 valence electrons. The van der Waals surface area contributed by atoms with Gasteiger partial charge in [-0.25, -0.2) is 14.6 Å². The van der Waals surface area contributed by atoms with Gasteiger partial charge in [-0.2, -0.15) is 5.10 Å². The van der Waals surface area contributed by atoms with Crippen LogP contribution in [0.2, 0.25) is 0 Å². The molecule has 0 spiro atoms. The first-order valence-corrected chi connectivity index (χ1v) is 11.9. The van der Waals surface area contributed by atoms with Crippen molar-refractivity contribution in [1.29, 1.82) is 0 Å². The number of amides is 1. The van der Waals surface area contributed by atoms with Crippen molar-refractivity contribution in [2.45, 2.75) is 25.7 Å². The van der Waals surface area contributed by atoms with Gasteiger partial charge in [0.05, 0.1) is 23.2 Å². The zero-order valence-electron chi connectivity index (χ0n) is 18.4. The van der Waals surface area contributed by atoms with Gasteiger partial charge in [0, 0.05) is 43.8 Å². The average Bonchev–Trinajstić information content (AvgIpc) is 3.43. The third kappa shape index (κ3) is 4.60. The number of benzene rings is 1. The third-order valence-electron chi connectivity index (χ3n) is 6.25. The minimum absolute atomic E-state index is 0.0569. The van der Waals surface area contributed by atoms with Crippen LogP contribution >= 0.6 is 15.9 Å². The SMILES string of the molecule is COCCNC(=O)[C@H]1CC[C@H](Cc2ncc3c(Br)nn(-c4ccc5ncccc5c4)c3n2)C1. The second kappa shape index (κ2) is 9.52. The Morgan fingerprint density at radius 2 is 2.18 bits per heavy atom. The molecule has 0 unspecified atom stereocenters. The maximum Gasteiger partial charge on any atom is 0.223 e. The summed E-state index contributed by atoms with van der Waals surface area (Å²) in [5, 5.41) is 9.53. The molecule has 0 saturated heterocycles. The Morgan fingerprint density at radius 3 is 3.06 bits per heavy atom. The normalized spacial score (nSPS) is 18.2. The molecule has 5 rings (SSSR count). The largest absolute Gasteiger partial charge is 0.383 e. The number of carbonyl (C=O) groups is 1. The number of halogens is 1. The molecule has 0 radical (unpaired) electrons. The summed E-state index contributed by atoms with van der Waals surface area (Å²) in [6, 6.07) is 10.0. The molecule has 1 amide bonds. The van der Waals surface area contributed by atoms with E-state index in [1.807, 2.05) is 35.1 Å². The Labute approximate surface area is 199 Å². The van der Waals surface area contributed by atoms with E-state index >= 15 is 0 Å². The highest BCUT2D eigenvalue weighted by Crippen LogP contribution is 2.33. The van der Waals surface area contributed by atoms with Gasteiger partial charge >= 0.3 is 0 Å². The van der Waals surface area contributed by atoms with Crippen LogP contribution < -0.4 is 5.32 Å². The summed E-state index contributed by atoms with van der Waals surface area (Å²) in [7, 11) is 1.64. The number of pyridine rings is 1. The lowest BCUT2D eigenvalue weighted by molar-refractivity contribution is -0.125. The maximum atomic E-state index is 12.4. The first-order valence-electron chi connectivity index (χ1n) is 11.1. The molecule has 3 heterocycles. The Kier molecular flexibility index (Phi) is 6.32. The highest BCUT2D eigenvalue weighted by Gasteiger charge is 2.30. The number of ether oxygens (including phenoxy) is 1. The van der Waals surface area contributed by atoms with E-state index in [0.717, 1.165) is 59.1 Å². The Bertz CT molecular complexity index is 1310. The molecule has 3 aromatic heterocycles. The van der Waals surface area contributed by atoms with Crippen molar-refractivity contribution in [1.82, 2.24) is 30.0 Å². The summed E-state index contributed by atoms with van der Waals surface area (Å²) in [5.41, 5.74) is 2.63. The predicted molar refractivity (Wildman–Crippen MR) is 129 cm³/mol. The molecule has 0 bridgehead atoms. The van der Waals surface area contributed by atoms with E-state index in [9.17, 15) is 4.79 Å². The quantitative estimate of drug-likeness (QED) is 0.381. The third-order valence-corrected chi connectivity index (χ3v) is 6.83. The van der Waals surface area contributed by atoms with E-state index in [0.29, 0.717) is 23.7 Å². The van der Waals surface area contributed by atoms with Crippen LogP contribution in [0.5, 0.6) is 0 Å². The fourth-order valence-electron chi connectivity index (χ4n) is 4.55. The summed E-state index contributed by atoms with van der Waals surface area (Å²) < 4.78 is 7.57. The molecular weight excluding hydrogens is 484 g/mol. The van der Waals surface area contributed by atoms with Crippen molar-refractivity contribution in [3.8, 4) is 5.69 Å². The van der Waals surface area contributed by atoms with Crippen LogP contribution in [0.4, 0.5) is 0 Å². The van der Waals surface area contributed by atoms with E-state index in [-0.39, 0.29) is 11.8 Å². The molecule has 8 nitrogen and oxygen atoms in total. The number of carbonyl (C=O) groups excluding carboxylic acids is 1. The van der Waals surface area contributed by atoms with Crippen molar-refractivity contribution in [3.63, 3.8) is 0 Å². The highest BCUT2D eigenvalue weighted by atomic mass is 79.9. The number of aromatic nitrogens is 5. The van der Waals surface area contributed by atoms with Crippen molar-refractivity contribution in [3.05, 3.63) is 53.2 Å². The van der Waals surface area contributed by atoms with Gasteiger partial charge in [-0.3, -0.25) is 9.78 Å². The minimum atomic E-state index is 0.0569. The number of hydrogen-bond donors (Lipinski definition) is 1. The molecule has 4 aromatic rings. The summed E-state index contributed by atoms with van der Waals surface area (Å²) in [4.78, 5) is 26.2. The molecule has 1 N–H and O–H groups in total. The second-order valence-corrected chi connectivity index (χ2v) is 9.22. The fourth-order valence-corrected chi connectivity index (χ4v) is 4.99. The molecule has 0 aliphatic heterocycles. The van der Waals surface area contributed by atoms with Gasteiger partial charge in [-0.05, 0) is 65.4 Å². The number of methoxy groups -OCH3 is 1. The topological polar surface area (TPSA) is 94.8 Å². The minimum Gasteiger partial charge on any atom is -0.383 e. The van der Waals surface area contributed by atoms with E-state index < -0.39 is 0 Å². The molecule has 2 atom stereocenters. The van der Waals surface area contributed by atoms with E-state index in [1.165, 1.54) is 0 Å². The van der Waals surface area contributed by atoms with Crippen molar-refractivity contribution in [2.75, 3.05) is 20.3 Å². The first-order chi connectivity index (χ1) is 16.1. The summed E-state index contributed by atoms with van der Waals surface area (Å²) in [6.45, 7) is 1.09. The molecule has 1 aliphatic rings. The summed E-state index contributed by atoms with van der Waals surface area (Å²) in [6.07, 6.45) is 7.14. The van der Waals surface area contributed by atoms with Gasteiger partial charge in [0.15, 0.2) is 5.65 Å². The molecule has 1 aliphatic carbocycles. The van der Waals surface area contributed by atoms with Crippen molar-refractivity contribution < 1.29 is 9.53 Å². The average molecular weight is 509 g/mol. The summed E-state index contributed by atoms with van der Waals surface area (Å²) >= 11 is 3.55. The number of rotatable bonds is 7. The lowest BCUT2D eigenvalue weighted by atomic mass is 10.0. The lowest BCUT2D eigenvalue weighted by Crippen LogP contribution is -2.32. The number of fused-ring (bicyclic) bond motifs is 2. The molecule has 1 saturated carbocycles. The van der Waals surface area contributed by atoms with E-state index in [2.05, 4.69) is 42.4 Å². The maximum absolute atomic E-state index is 12.4. The van der Waals surface area contributed by atoms with Crippen LogP contribution in [-0.2, 0) is 16.0 Å². The molecule has 1 fully saturated rings. The van der Waals surface area contributed by atoms with Gasteiger partial charge in [0.2, 0.25) is 5.91 Å².